The Balaban J connectivity index is 1.88. The van der Waals surface area contributed by atoms with E-state index in [4.69, 9.17) is 18.9 Å². The first kappa shape index (κ1) is 15.1. The largest absolute Gasteiger partial charge is 0.483 e. The molecule has 1 N–H and O–H groups in total. The highest BCUT2D eigenvalue weighted by atomic mass is 16.7. The van der Waals surface area contributed by atoms with E-state index in [0.29, 0.717) is 42.2 Å². The number of aldehydes is 1. The Morgan fingerprint density at radius 2 is 2.14 bits per heavy atom. The van der Waals surface area contributed by atoms with Crippen molar-refractivity contribution in [3.63, 3.8) is 0 Å². The van der Waals surface area contributed by atoms with Crippen molar-refractivity contribution in [3.8, 4) is 17.2 Å². The number of benzene rings is 1. The molecule has 0 unspecified atom stereocenters. The topological polar surface area (TPSA) is 83.1 Å². The summed E-state index contributed by atoms with van der Waals surface area (Å²) in [5, 5.41) is 2.69. The van der Waals surface area contributed by atoms with Crippen LogP contribution < -0.4 is 19.5 Å². The molecule has 0 saturated carbocycles. The van der Waals surface area contributed by atoms with Crippen molar-refractivity contribution < 1.29 is 28.5 Å². The van der Waals surface area contributed by atoms with Gasteiger partial charge in [-0.3, -0.25) is 9.59 Å². The maximum Gasteiger partial charge on any atom is 0.257 e. The highest BCUT2D eigenvalue weighted by molar-refractivity contribution is 5.82. The van der Waals surface area contributed by atoms with Crippen molar-refractivity contribution in [2.45, 2.75) is 6.42 Å². The standard InChI is InChI=1S/C14H17NO6/c1-18-4-2-3-15-14(17)8-19-11-6-13-12(20-9-21-13)5-10(11)7-16/h5-7H,2-4,8-9H2,1H3,(H,15,17). The molecule has 2 rings (SSSR count). The number of amides is 1. The summed E-state index contributed by atoms with van der Waals surface area (Å²) in [5.74, 6) is 1.02. The van der Waals surface area contributed by atoms with Crippen LogP contribution in [0.25, 0.3) is 0 Å². The zero-order valence-electron chi connectivity index (χ0n) is 11.7. The van der Waals surface area contributed by atoms with Crippen LogP contribution in [-0.4, -0.2) is 45.9 Å². The van der Waals surface area contributed by atoms with Gasteiger partial charge in [-0.25, -0.2) is 0 Å². The first-order valence-corrected chi connectivity index (χ1v) is 6.52. The Kier molecular flexibility index (Phi) is 5.39. The van der Waals surface area contributed by atoms with Crippen LogP contribution >= 0.6 is 0 Å². The molecule has 1 heterocycles. The third-order valence-corrected chi connectivity index (χ3v) is 2.84. The van der Waals surface area contributed by atoms with Gasteiger partial charge in [0.05, 0.1) is 5.56 Å². The molecule has 1 aromatic carbocycles. The van der Waals surface area contributed by atoms with E-state index < -0.39 is 0 Å². The van der Waals surface area contributed by atoms with Crippen LogP contribution in [0.3, 0.4) is 0 Å². The molecule has 1 aromatic rings. The SMILES string of the molecule is COCCCNC(=O)COc1cc2c(cc1C=O)OCO2. The van der Waals surface area contributed by atoms with Crippen LogP contribution in [0.4, 0.5) is 0 Å². The van der Waals surface area contributed by atoms with Gasteiger partial charge in [0.1, 0.15) is 5.75 Å². The molecule has 0 spiro atoms. The second-order valence-electron chi connectivity index (χ2n) is 4.35. The maximum atomic E-state index is 11.6. The first-order valence-electron chi connectivity index (χ1n) is 6.52. The Morgan fingerprint density at radius 1 is 1.38 bits per heavy atom. The molecule has 1 aliphatic rings. The number of hydrogen-bond donors (Lipinski definition) is 1. The monoisotopic (exact) mass is 295 g/mol. The second-order valence-corrected chi connectivity index (χ2v) is 4.35. The summed E-state index contributed by atoms with van der Waals surface area (Å²) in [6, 6.07) is 3.07. The van der Waals surface area contributed by atoms with Crippen molar-refractivity contribution >= 4 is 12.2 Å². The predicted molar refractivity (Wildman–Crippen MR) is 73.0 cm³/mol. The van der Waals surface area contributed by atoms with E-state index >= 15 is 0 Å². The molecule has 0 radical (unpaired) electrons. The Labute approximate surface area is 122 Å². The Hall–Kier alpha value is -2.28. The highest BCUT2D eigenvalue weighted by Crippen LogP contribution is 2.37. The van der Waals surface area contributed by atoms with Crippen LogP contribution in [0.5, 0.6) is 17.2 Å². The van der Waals surface area contributed by atoms with Gasteiger partial charge in [-0.15, -0.1) is 0 Å². The molecule has 0 fully saturated rings. The number of nitrogens with one attached hydrogen (secondary N) is 1. The minimum absolute atomic E-state index is 0.108. The molecule has 21 heavy (non-hydrogen) atoms. The summed E-state index contributed by atoms with van der Waals surface area (Å²) in [7, 11) is 1.60. The van der Waals surface area contributed by atoms with Gasteiger partial charge >= 0.3 is 0 Å². The van der Waals surface area contributed by atoms with E-state index in [9.17, 15) is 9.59 Å². The normalized spacial score (nSPS) is 12.0. The lowest BCUT2D eigenvalue weighted by molar-refractivity contribution is -0.123. The summed E-state index contributed by atoms with van der Waals surface area (Å²) in [6.45, 7) is 1.03. The zero-order chi connectivity index (χ0) is 15.1. The minimum Gasteiger partial charge on any atom is -0.483 e. The minimum atomic E-state index is -0.263. The summed E-state index contributed by atoms with van der Waals surface area (Å²) in [5.41, 5.74) is 0.312. The van der Waals surface area contributed by atoms with E-state index in [1.165, 1.54) is 6.07 Å². The van der Waals surface area contributed by atoms with Crippen molar-refractivity contribution in [1.82, 2.24) is 5.32 Å². The number of fused-ring (bicyclic) bond motifs is 1. The third kappa shape index (κ3) is 4.09. The van der Waals surface area contributed by atoms with Crippen LogP contribution in [-0.2, 0) is 9.53 Å². The van der Waals surface area contributed by atoms with Crippen molar-refractivity contribution in [2.24, 2.45) is 0 Å². The number of carbonyl (C=O) groups is 2. The fraction of sp³-hybridized carbons (Fsp3) is 0.429. The van der Waals surface area contributed by atoms with Crippen molar-refractivity contribution in [3.05, 3.63) is 17.7 Å². The molecule has 0 aromatic heterocycles. The lowest BCUT2D eigenvalue weighted by Gasteiger charge is -2.10. The third-order valence-electron chi connectivity index (χ3n) is 2.84. The molecule has 0 atom stereocenters. The number of methoxy groups -OCH3 is 1. The molecule has 7 nitrogen and oxygen atoms in total. The molecule has 1 aliphatic heterocycles. The van der Waals surface area contributed by atoms with Gasteiger partial charge in [0, 0.05) is 26.3 Å². The van der Waals surface area contributed by atoms with Gasteiger partial charge in [-0.05, 0) is 12.5 Å². The average molecular weight is 295 g/mol. The second kappa shape index (κ2) is 7.49. The lowest BCUT2D eigenvalue weighted by atomic mass is 10.2. The zero-order valence-corrected chi connectivity index (χ0v) is 11.7. The van der Waals surface area contributed by atoms with Crippen LogP contribution in [0.15, 0.2) is 12.1 Å². The molecular formula is C14H17NO6. The number of ether oxygens (including phenoxy) is 4. The van der Waals surface area contributed by atoms with E-state index in [0.717, 1.165) is 6.42 Å². The first-order chi connectivity index (χ1) is 10.2. The lowest BCUT2D eigenvalue weighted by Crippen LogP contribution is -2.30. The Bertz CT molecular complexity index is 516. The molecule has 0 bridgehead atoms. The van der Waals surface area contributed by atoms with Gasteiger partial charge < -0.3 is 24.3 Å². The summed E-state index contributed by atoms with van der Waals surface area (Å²) in [6.07, 6.45) is 1.37. The van der Waals surface area contributed by atoms with Crippen LogP contribution in [0.2, 0.25) is 0 Å². The van der Waals surface area contributed by atoms with E-state index in [1.54, 1.807) is 13.2 Å². The molecule has 114 valence electrons. The molecule has 0 aliphatic carbocycles. The van der Waals surface area contributed by atoms with Crippen LogP contribution in [0, 0.1) is 0 Å². The quantitative estimate of drug-likeness (QED) is 0.563. The van der Waals surface area contributed by atoms with Gasteiger partial charge in [0.25, 0.3) is 5.91 Å². The summed E-state index contributed by atoms with van der Waals surface area (Å²) >= 11 is 0. The van der Waals surface area contributed by atoms with Gasteiger partial charge in [-0.2, -0.15) is 0 Å². The molecule has 0 saturated heterocycles. The van der Waals surface area contributed by atoms with E-state index in [1.807, 2.05) is 0 Å². The summed E-state index contributed by atoms with van der Waals surface area (Å²) in [4.78, 5) is 22.6. The Morgan fingerprint density at radius 3 is 2.86 bits per heavy atom. The average Bonchev–Trinajstić information content (AvgIpc) is 2.95. The fourth-order valence-electron chi connectivity index (χ4n) is 1.79. The highest BCUT2D eigenvalue weighted by Gasteiger charge is 2.18. The molecule has 7 heteroatoms. The fourth-order valence-corrected chi connectivity index (χ4v) is 1.79. The number of rotatable bonds is 8. The van der Waals surface area contributed by atoms with Gasteiger partial charge in [0.15, 0.2) is 24.4 Å². The van der Waals surface area contributed by atoms with E-state index in [-0.39, 0.29) is 19.3 Å². The number of carbonyl (C=O) groups excluding carboxylic acids is 2. The number of hydrogen-bond acceptors (Lipinski definition) is 6. The smallest absolute Gasteiger partial charge is 0.257 e. The molecule has 1 amide bonds. The van der Waals surface area contributed by atoms with E-state index in [2.05, 4.69) is 5.32 Å². The van der Waals surface area contributed by atoms with Crippen LogP contribution in [0.1, 0.15) is 16.8 Å². The maximum absolute atomic E-state index is 11.6. The molecular weight excluding hydrogens is 278 g/mol. The predicted octanol–water partition coefficient (Wildman–Crippen LogP) is 0.759. The van der Waals surface area contributed by atoms with Crippen molar-refractivity contribution in [1.29, 1.82) is 0 Å². The van der Waals surface area contributed by atoms with Gasteiger partial charge in [-0.1, -0.05) is 0 Å². The summed E-state index contributed by atoms with van der Waals surface area (Å²) < 4.78 is 20.6. The van der Waals surface area contributed by atoms with Crippen molar-refractivity contribution in [2.75, 3.05) is 33.7 Å². The van der Waals surface area contributed by atoms with Gasteiger partial charge in [0.2, 0.25) is 6.79 Å².